The van der Waals surface area contributed by atoms with E-state index in [2.05, 4.69) is 0 Å². The predicted octanol–water partition coefficient (Wildman–Crippen LogP) is 3.24. The van der Waals surface area contributed by atoms with E-state index in [1.807, 2.05) is 61.5 Å². The first kappa shape index (κ1) is 15.0. The number of ketones is 1. The van der Waals surface area contributed by atoms with Gasteiger partial charge in [0, 0.05) is 6.42 Å². The van der Waals surface area contributed by atoms with E-state index in [1.165, 1.54) is 0 Å². The molecule has 0 unspecified atom stereocenters. The first-order valence-corrected chi connectivity index (χ1v) is 6.95. The van der Waals surface area contributed by atoms with E-state index in [4.69, 9.17) is 4.74 Å². The smallest absolute Gasteiger partial charge is 0.374 e. The van der Waals surface area contributed by atoms with Gasteiger partial charge in [-0.1, -0.05) is 54.6 Å². The van der Waals surface area contributed by atoms with Crippen LogP contribution in [0.15, 0.2) is 54.6 Å². The van der Waals surface area contributed by atoms with Gasteiger partial charge in [-0.05, 0) is 30.0 Å². The summed E-state index contributed by atoms with van der Waals surface area (Å²) in [6, 6.07) is 17.2. The SMILES string of the molecule is Cc1ccccc1CCC(=O)C(=O)OCc1ccccc1. The molecule has 0 atom stereocenters. The second-order valence-corrected chi connectivity index (χ2v) is 4.91. The molecule has 0 spiro atoms. The monoisotopic (exact) mass is 282 g/mol. The lowest BCUT2D eigenvalue weighted by Gasteiger charge is -2.06. The number of benzene rings is 2. The Morgan fingerprint density at radius 2 is 1.62 bits per heavy atom. The van der Waals surface area contributed by atoms with Gasteiger partial charge in [-0.15, -0.1) is 0 Å². The molecular formula is C18H18O3. The molecule has 0 fully saturated rings. The summed E-state index contributed by atoms with van der Waals surface area (Å²) in [6.45, 7) is 2.13. The molecule has 0 aliphatic heterocycles. The maximum Gasteiger partial charge on any atom is 0.374 e. The van der Waals surface area contributed by atoms with Crippen LogP contribution >= 0.6 is 0 Å². The summed E-state index contributed by atoms with van der Waals surface area (Å²) in [7, 11) is 0. The Morgan fingerprint density at radius 1 is 0.952 bits per heavy atom. The molecule has 2 aromatic rings. The molecule has 0 saturated carbocycles. The van der Waals surface area contributed by atoms with Gasteiger partial charge in [0.15, 0.2) is 0 Å². The molecule has 0 aromatic heterocycles. The van der Waals surface area contributed by atoms with Crippen LogP contribution in [0, 0.1) is 6.92 Å². The van der Waals surface area contributed by atoms with E-state index in [9.17, 15) is 9.59 Å². The van der Waals surface area contributed by atoms with Gasteiger partial charge in [0.1, 0.15) is 6.61 Å². The van der Waals surface area contributed by atoms with Crippen molar-refractivity contribution < 1.29 is 14.3 Å². The largest absolute Gasteiger partial charge is 0.455 e. The van der Waals surface area contributed by atoms with Gasteiger partial charge in [-0.3, -0.25) is 4.79 Å². The van der Waals surface area contributed by atoms with Crippen molar-refractivity contribution in [2.75, 3.05) is 0 Å². The number of hydrogen-bond acceptors (Lipinski definition) is 3. The molecule has 0 bridgehead atoms. The number of rotatable bonds is 6. The fourth-order valence-corrected chi connectivity index (χ4v) is 2.04. The van der Waals surface area contributed by atoms with Crippen LogP contribution in [0.5, 0.6) is 0 Å². The fraction of sp³-hybridized carbons (Fsp3) is 0.222. The lowest BCUT2D eigenvalue weighted by atomic mass is 10.0. The third-order valence-electron chi connectivity index (χ3n) is 3.32. The molecule has 2 aromatic carbocycles. The van der Waals surface area contributed by atoms with Crippen molar-refractivity contribution in [3.8, 4) is 0 Å². The Balaban J connectivity index is 1.80. The van der Waals surface area contributed by atoms with Crippen molar-refractivity contribution in [2.45, 2.75) is 26.4 Å². The molecule has 3 nitrogen and oxygen atoms in total. The Labute approximate surface area is 124 Å². The van der Waals surface area contributed by atoms with Crippen LogP contribution in [0.3, 0.4) is 0 Å². The van der Waals surface area contributed by atoms with Crippen molar-refractivity contribution in [1.82, 2.24) is 0 Å². The standard InChI is InChI=1S/C18H18O3/c1-14-7-5-6-10-16(14)11-12-17(19)18(20)21-13-15-8-3-2-4-9-15/h2-10H,11-13H2,1H3. The average molecular weight is 282 g/mol. The molecule has 0 heterocycles. The van der Waals surface area contributed by atoms with Gasteiger partial charge in [0.2, 0.25) is 5.78 Å². The summed E-state index contributed by atoms with van der Waals surface area (Å²) in [6.07, 6.45) is 0.740. The zero-order valence-corrected chi connectivity index (χ0v) is 12.0. The van der Waals surface area contributed by atoms with Crippen molar-refractivity contribution in [2.24, 2.45) is 0 Å². The van der Waals surface area contributed by atoms with Crippen LogP contribution in [0.4, 0.5) is 0 Å². The van der Waals surface area contributed by atoms with Gasteiger partial charge < -0.3 is 4.74 Å². The minimum Gasteiger partial charge on any atom is -0.455 e. The van der Waals surface area contributed by atoms with Crippen LogP contribution in [0.25, 0.3) is 0 Å². The fourth-order valence-electron chi connectivity index (χ4n) is 2.04. The second-order valence-electron chi connectivity index (χ2n) is 4.91. The van der Waals surface area contributed by atoms with Crippen LogP contribution in [-0.4, -0.2) is 11.8 Å². The van der Waals surface area contributed by atoms with Gasteiger partial charge >= 0.3 is 5.97 Å². The maximum absolute atomic E-state index is 11.8. The summed E-state index contributed by atoms with van der Waals surface area (Å²) < 4.78 is 5.02. The predicted molar refractivity (Wildman–Crippen MR) is 80.7 cm³/mol. The molecule has 3 heteroatoms. The second kappa shape index (κ2) is 7.39. The zero-order chi connectivity index (χ0) is 15.1. The number of aryl methyl sites for hydroxylation is 2. The first-order chi connectivity index (χ1) is 10.2. The number of carbonyl (C=O) groups excluding carboxylic acids is 2. The van der Waals surface area contributed by atoms with Crippen LogP contribution in [-0.2, 0) is 27.4 Å². The molecule has 0 aliphatic rings. The molecule has 0 amide bonds. The molecule has 0 saturated heterocycles. The molecule has 2 rings (SSSR count). The van der Waals surface area contributed by atoms with Crippen LogP contribution in [0.2, 0.25) is 0 Å². The van der Waals surface area contributed by atoms with Crippen molar-refractivity contribution >= 4 is 11.8 Å². The minimum atomic E-state index is -0.757. The van der Waals surface area contributed by atoms with Gasteiger partial charge in [0.05, 0.1) is 0 Å². The Hall–Kier alpha value is -2.42. The van der Waals surface area contributed by atoms with Crippen molar-refractivity contribution in [3.63, 3.8) is 0 Å². The molecule has 21 heavy (non-hydrogen) atoms. The number of esters is 1. The zero-order valence-electron chi connectivity index (χ0n) is 12.0. The molecule has 0 aliphatic carbocycles. The summed E-state index contributed by atoms with van der Waals surface area (Å²) in [5, 5.41) is 0. The number of hydrogen-bond donors (Lipinski definition) is 0. The van der Waals surface area contributed by atoms with Crippen LogP contribution < -0.4 is 0 Å². The highest BCUT2D eigenvalue weighted by molar-refractivity contribution is 6.33. The van der Waals surface area contributed by atoms with Crippen LogP contribution in [0.1, 0.15) is 23.1 Å². The van der Waals surface area contributed by atoms with E-state index in [0.29, 0.717) is 6.42 Å². The number of ether oxygens (including phenoxy) is 1. The first-order valence-electron chi connectivity index (χ1n) is 6.95. The number of Topliss-reactive ketones (excluding diaryl/α,β-unsaturated/α-hetero) is 1. The topological polar surface area (TPSA) is 43.4 Å². The lowest BCUT2D eigenvalue weighted by molar-refractivity contribution is -0.154. The highest BCUT2D eigenvalue weighted by atomic mass is 16.5. The molecule has 0 N–H and O–H groups in total. The summed E-state index contributed by atoms with van der Waals surface area (Å²) >= 11 is 0. The van der Waals surface area contributed by atoms with Gasteiger partial charge in [0.25, 0.3) is 0 Å². The third kappa shape index (κ3) is 4.56. The summed E-state index contributed by atoms with van der Waals surface area (Å²) in [4.78, 5) is 23.4. The van der Waals surface area contributed by atoms with E-state index >= 15 is 0 Å². The average Bonchev–Trinajstić information content (AvgIpc) is 2.52. The Kier molecular flexibility index (Phi) is 5.27. The van der Waals surface area contributed by atoms with E-state index in [1.54, 1.807) is 0 Å². The van der Waals surface area contributed by atoms with Gasteiger partial charge in [-0.25, -0.2) is 4.79 Å². The number of carbonyl (C=O) groups is 2. The molecule has 108 valence electrons. The summed E-state index contributed by atoms with van der Waals surface area (Å²) in [5.74, 6) is -1.23. The third-order valence-corrected chi connectivity index (χ3v) is 3.32. The van der Waals surface area contributed by atoms with Crippen molar-refractivity contribution in [1.29, 1.82) is 0 Å². The molecular weight excluding hydrogens is 264 g/mol. The van der Waals surface area contributed by atoms with E-state index in [0.717, 1.165) is 16.7 Å². The summed E-state index contributed by atoms with van der Waals surface area (Å²) in [5.41, 5.74) is 3.09. The quantitative estimate of drug-likeness (QED) is 0.603. The highest BCUT2D eigenvalue weighted by Crippen LogP contribution is 2.10. The normalized spacial score (nSPS) is 10.1. The Morgan fingerprint density at radius 3 is 2.33 bits per heavy atom. The Bertz CT molecular complexity index is 617. The van der Waals surface area contributed by atoms with Gasteiger partial charge in [-0.2, -0.15) is 0 Å². The van der Waals surface area contributed by atoms with E-state index in [-0.39, 0.29) is 13.0 Å². The van der Waals surface area contributed by atoms with Crippen molar-refractivity contribution in [3.05, 3.63) is 71.3 Å². The molecule has 0 radical (unpaired) electrons. The maximum atomic E-state index is 11.8. The lowest BCUT2D eigenvalue weighted by Crippen LogP contribution is -2.18. The highest BCUT2D eigenvalue weighted by Gasteiger charge is 2.15. The minimum absolute atomic E-state index is 0.135. The van der Waals surface area contributed by atoms with E-state index < -0.39 is 11.8 Å².